The van der Waals surface area contributed by atoms with Gasteiger partial charge >= 0.3 is 0 Å². The van der Waals surface area contributed by atoms with Gasteiger partial charge in [-0.15, -0.1) is 11.3 Å². The maximum atomic E-state index is 13.3. The highest BCUT2D eigenvalue weighted by Gasteiger charge is 2.28. The number of benzene rings is 1. The number of fused-ring (bicyclic) bond motifs is 1. The van der Waals surface area contributed by atoms with Crippen molar-refractivity contribution >= 4 is 39.9 Å². The molecule has 27 heavy (non-hydrogen) atoms. The largest absolute Gasteiger partial charge is 0.376 e. The molecule has 140 valence electrons. The quantitative estimate of drug-likeness (QED) is 0.646. The van der Waals surface area contributed by atoms with E-state index < -0.39 is 0 Å². The molecule has 0 aliphatic carbocycles. The number of aromatic nitrogens is 2. The Balaban J connectivity index is 1.53. The lowest BCUT2D eigenvalue weighted by atomic mass is 9.99. The average molecular weight is 406 g/mol. The van der Waals surface area contributed by atoms with E-state index in [9.17, 15) is 9.18 Å². The van der Waals surface area contributed by atoms with Crippen molar-refractivity contribution in [2.24, 2.45) is 0 Å². The molecule has 2 aromatic heterocycles. The molecule has 0 spiro atoms. The molecule has 0 saturated carbocycles. The van der Waals surface area contributed by atoms with E-state index in [-0.39, 0.29) is 23.9 Å². The van der Waals surface area contributed by atoms with Gasteiger partial charge in [0, 0.05) is 24.3 Å². The molecule has 4 rings (SSSR count). The number of nitrogens with one attached hydrogen (secondary N) is 1. The number of imidazole rings is 1. The molecule has 0 radical (unpaired) electrons. The zero-order valence-corrected chi connectivity index (χ0v) is 15.8. The smallest absolute Gasteiger partial charge is 0.244 e. The van der Waals surface area contributed by atoms with Gasteiger partial charge in [0.2, 0.25) is 5.91 Å². The van der Waals surface area contributed by atoms with Crippen LogP contribution in [0.4, 0.5) is 4.39 Å². The minimum Gasteiger partial charge on any atom is -0.376 e. The number of carbonyl (C=O) groups is 1. The monoisotopic (exact) mass is 405 g/mol. The van der Waals surface area contributed by atoms with Crippen LogP contribution in [0.5, 0.6) is 0 Å². The first-order valence-corrected chi connectivity index (χ1v) is 9.84. The predicted molar refractivity (Wildman–Crippen MR) is 103 cm³/mol. The van der Waals surface area contributed by atoms with Crippen molar-refractivity contribution in [2.45, 2.75) is 25.0 Å². The number of hydrogen-bond acceptors (Lipinski definition) is 4. The van der Waals surface area contributed by atoms with Gasteiger partial charge in [-0.1, -0.05) is 23.7 Å². The third-order valence-corrected chi connectivity index (χ3v) is 5.55. The summed E-state index contributed by atoms with van der Waals surface area (Å²) in [7, 11) is 0. The van der Waals surface area contributed by atoms with E-state index in [4.69, 9.17) is 16.3 Å². The van der Waals surface area contributed by atoms with Crippen LogP contribution >= 0.6 is 22.9 Å². The molecule has 1 aliphatic heterocycles. The Morgan fingerprint density at radius 3 is 3.00 bits per heavy atom. The van der Waals surface area contributed by atoms with E-state index in [1.165, 1.54) is 29.5 Å². The number of amides is 1. The van der Waals surface area contributed by atoms with Crippen LogP contribution in [0.2, 0.25) is 5.15 Å². The molecule has 1 aliphatic rings. The van der Waals surface area contributed by atoms with Gasteiger partial charge in [-0.25, -0.2) is 9.37 Å². The van der Waals surface area contributed by atoms with Crippen LogP contribution in [0.1, 0.15) is 30.1 Å². The number of nitrogens with zero attached hydrogens (tertiary/aromatic N) is 2. The van der Waals surface area contributed by atoms with E-state index in [1.807, 2.05) is 16.0 Å². The summed E-state index contributed by atoms with van der Waals surface area (Å²) in [5.41, 5.74) is 1.46. The van der Waals surface area contributed by atoms with Crippen LogP contribution in [0.25, 0.3) is 11.0 Å². The van der Waals surface area contributed by atoms with Gasteiger partial charge in [-0.3, -0.25) is 9.20 Å². The van der Waals surface area contributed by atoms with Crippen molar-refractivity contribution in [3.63, 3.8) is 0 Å². The lowest BCUT2D eigenvalue weighted by Gasteiger charge is -2.24. The Morgan fingerprint density at radius 2 is 2.26 bits per heavy atom. The van der Waals surface area contributed by atoms with Crippen molar-refractivity contribution in [1.29, 1.82) is 0 Å². The van der Waals surface area contributed by atoms with Crippen LogP contribution < -0.4 is 5.32 Å². The first-order valence-electron chi connectivity index (χ1n) is 8.58. The van der Waals surface area contributed by atoms with E-state index in [0.717, 1.165) is 23.4 Å². The second-order valence-electron chi connectivity index (χ2n) is 6.27. The van der Waals surface area contributed by atoms with Gasteiger partial charge in [0.15, 0.2) is 10.1 Å². The summed E-state index contributed by atoms with van der Waals surface area (Å²) in [5.74, 6) is -0.590. The second-order valence-corrected chi connectivity index (χ2v) is 7.50. The van der Waals surface area contributed by atoms with Crippen LogP contribution in [0, 0.1) is 5.82 Å². The first-order chi connectivity index (χ1) is 13.1. The summed E-state index contributed by atoms with van der Waals surface area (Å²) in [6.07, 6.45) is 6.57. The molecule has 3 aromatic rings. The molecular weight excluding hydrogens is 389 g/mol. The zero-order chi connectivity index (χ0) is 18.8. The topological polar surface area (TPSA) is 55.6 Å². The Hall–Kier alpha value is -2.22. The minimum atomic E-state index is -0.340. The number of ether oxygens (including phenoxy) is 1. The molecule has 2 atom stereocenters. The highest BCUT2D eigenvalue weighted by molar-refractivity contribution is 7.15. The molecule has 1 aromatic carbocycles. The lowest BCUT2D eigenvalue weighted by Crippen LogP contribution is -2.35. The van der Waals surface area contributed by atoms with Crippen molar-refractivity contribution in [1.82, 2.24) is 14.7 Å². The molecule has 1 amide bonds. The second kappa shape index (κ2) is 7.80. The molecule has 1 N–H and O–H groups in total. The fourth-order valence-corrected chi connectivity index (χ4v) is 4.21. The van der Waals surface area contributed by atoms with Crippen molar-refractivity contribution in [3.8, 4) is 0 Å². The van der Waals surface area contributed by atoms with Gasteiger partial charge < -0.3 is 10.1 Å². The average Bonchev–Trinajstić information content (AvgIpc) is 3.37. The highest BCUT2D eigenvalue weighted by atomic mass is 35.5. The fraction of sp³-hybridized carbons (Fsp3) is 0.263. The maximum Gasteiger partial charge on any atom is 0.244 e. The number of carbonyl (C=O) groups excluding carboxylic acids is 1. The van der Waals surface area contributed by atoms with E-state index in [1.54, 1.807) is 18.2 Å². The van der Waals surface area contributed by atoms with Gasteiger partial charge in [0.05, 0.1) is 17.8 Å². The maximum absolute atomic E-state index is 13.3. The van der Waals surface area contributed by atoms with Crippen LogP contribution in [0.15, 0.2) is 41.9 Å². The van der Waals surface area contributed by atoms with Gasteiger partial charge in [-0.2, -0.15) is 0 Å². The summed E-state index contributed by atoms with van der Waals surface area (Å²) < 4.78 is 20.8. The van der Waals surface area contributed by atoms with Gasteiger partial charge in [0.1, 0.15) is 5.82 Å². The highest BCUT2D eigenvalue weighted by Crippen LogP contribution is 2.27. The number of thiazole rings is 1. The zero-order valence-electron chi connectivity index (χ0n) is 14.3. The summed E-state index contributed by atoms with van der Waals surface area (Å²) in [6.45, 7) is 0.662. The minimum absolute atomic E-state index is 0.130. The molecule has 1 saturated heterocycles. The number of halogens is 2. The van der Waals surface area contributed by atoms with Crippen LogP contribution in [-0.2, 0) is 9.53 Å². The van der Waals surface area contributed by atoms with E-state index in [2.05, 4.69) is 10.3 Å². The number of rotatable bonds is 5. The Kier molecular flexibility index (Phi) is 5.24. The Labute approximate surface area is 164 Å². The fourth-order valence-electron chi connectivity index (χ4n) is 3.21. The molecule has 0 bridgehead atoms. The summed E-state index contributed by atoms with van der Waals surface area (Å²) >= 11 is 7.62. The third-order valence-electron chi connectivity index (χ3n) is 4.51. The van der Waals surface area contributed by atoms with Crippen LogP contribution in [-0.4, -0.2) is 28.0 Å². The van der Waals surface area contributed by atoms with E-state index in [0.29, 0.717) is 17.5 Å². The standard InChI is InChI=1S/C19H17ClFN3O2S/c20-18-14(24-9-11-27-19(24)23-18)7-8-16(25)22-17(15-2-1-10-26-15)12-3-5-13(21)6-4-12/h3-9,11,15,17H,1-2,10H2,(H,22,25)/b8-7+. The Bertz CT molecular complexity index is 977. The molecule has 8 heteroatoms. The summed E-state index contributed by atoms with van der Waals surface area (Å²) in [5, 5.41) is 5.22. The van der Waals surface area contributed by atoms with E-state index >= 15 is 0 Å². The van der Waals surface area contributed by atoms with Crippen molar-refractivity contribution in [3.05, 3.63) is 64.1 Å². The Morgan fingerprint density at radius 1 is 1.44 bits per heavy atom. The summed E-state index contributed by atoms with van der Waals surface area (Å²) in [6, 6.07) is 5.78. The molecule has 5 nitrogen and oxygen atoms in total. The number of hydrogen-bond donors (Lipinski definition) is 1. The lowest BCUT2D eigenvalue weighted by molar-refractivity contribution is -0.118. The van der Waals surface area contributed by atoms with Gasteiger partial charge in [-0.05, 0) is 36.6 Å². The molecule has 3 heterocycles. The summed E-state index contributed by atoms with van der Waals surface area (Å²) in [4.78, 5) is 17.5. The first kappa shape index (κ1) is 18.2. The SMILES string of the molecule is O=C(/C=C/c1c(Cl)nc2sccn12)NC(c1ccc(F)cc1)C1CCCO1. The molecule has 1 fully saturated rings. The van der Waals surface area contributed by atoms with Crippen molar-refractivity contribution < 1.29 is 13.9 Å². The van der Waals surface area contributed by atoms with Gasteiger partial charge in [0.25, 0.3) is 0 Å². The third kappa shape index (κ3) is 3.90. The predicted octanol–water partition coefficient (Wildman–Crippen LogP) is 4.24. The molecular formula is C19H17ClFN3O2S. The van der Waals surface area contributed by atoms with Crippen molar-refractivity contribution in [2.75, 3.05) is 6.61 Å². The van der Waals surface area contributed by atoms with Crippen LogP contribution in [0.3, 0.4) is 0 Å². The normalized spacial score (nSPS) is 18.4. The molecule has 2 unspecified atom stereocenters.